The van der Waals surface area contributed by atoms with Crippen molar-refractivity contribution in [3.05, 3.63) is 65.4 Å². The molecule has 3 aliphatic heterocycles. The largest absolute Gasteiger partial charge is 0.462 e. The molecule has 3 aromatic rings. The van der Waals surface area contributed by atoms with Crippen LogP contribution < -0.4 is 14.5 Å². The second kappa shape index (κ2) is 13.1. The van der Waals surface area contributed by atoms with Gasteiger partial charge in [0.2, 0.25) is 5.91 Å². The lowest BCUT2D eigenvalue weighted by Crippen LogP contribution is -2.54. The SMILES string of the molecule is COC/C=C/C(=O)N1CCN(c2nc(OCC3CC(F)CN3C)nc3c2CCN(c2cccc4cccc(C)c24)C3)C[C@@H]1C. The second-order valence-electron chi connectivity index (χ2n) is 12.3. The number of ether oxygens (including phenoxy) is 2. The van der Waals surface area contributed by atoms with E-state index >= 15 is 0 Å². The first-order chi connectivity index (χ1) is 21.3. The molecular formula is C34H43FN6O3. The normalized spacial score (nSPS) is 22.7. The standard InChI is InChI=1S/C34H43FN6O3/c1-23-8-5-9-25-10-6-11-30(32(23)25)39-14-13-28-29(21-39)36-34(44-22-27-18-26(35)20-38(27)3)37-33(28)40-15-16-41(24(2)19-40)31(42)12-7-17-43-4/h5-12,24,26-27H,13-22H2,1-4H3/b12-7+/t24-,26?,27?/m0/s1. The molecule has 0 N–H and O–H groups in total. The summed E-state index contributed by atoms with van der Waals surface area (Å²) in [6.07, 6.45) is 3.77. The van der Waals surface area contributed by atoms with Gasteiger partial charge in [0.25, 0.3) is 0 Å². The van der Waals surface area contributed by atoms with E-state index in [1.165, 1.54) is 22.0 Å². The number of carbonyl (C=O) groups is 1. The number of piperazine rings is 1. The van der Waals surface area contributed by atoms with Crippen molar-refractivity contribution < 1.29 is 18.7 Å². The van der Waals surface area contributed by atoms with Crippen LogP contribution in [-0.2, 0) is 22.5 Å². The van der Waals surface area contributed by atoms with E-state index in [9.17, 15) is 9.18 Å². The van der Waals surface area contributed by atoms with Crippen LogP contribution in [0.4, 0.5) is 15.9 Å². The maximum absolute atomic E-state index is 14.1. The van der Waals surface area contributed by atoms with E-state index < -0.39 is 6.17 Å². The van der Waals surface area contributed by atoms with Crippen LogP contribution in [0.3, 0.4) is 0 Å². The molecular weight excluding hydrogens is 559 g/mol. The topological polar surface area (TPSA) is 74.3 Å². The van der Waals surface area contributed by atoms with Gasteiger partial charge >= 0.3 is 6.01 Å². The lowest BCUT2D eigenvalue weighted by molar-refractivity contribution is -0.128. The molecule has 9 nitrogen and oxygen atoms in total. The zero-order valence-corrected chi connectivity index (χ0v) is 26.2. The highest BCUT2D eigenvalue weighted by Gasteiger charge is 2.33. The number of aryl methyl sites for hydroxylation is 1. The number of rotatable bonds is 8. The van der Waals surface area contributed by atoms with E-state index in [1.54, 1.807) is 19.3 Å². The van der Waals surface area contributed by atoms with Crippen LogP contribution in [0.2, 0.25) is 0 Å². The lowest BCUT2D eigenvalue weighted by atomic mass is 9.99. The van der Waals surface area contributed by atoms with Crippen LogP contribution in [0.5, 0.6) is 6.01 Å². The summed E-state index contributed by atoms with van der Waals surface area (Å²) < 4.78 is 25.3. The highest BCUT2D eigenvalue weighted by atomic mass is 19.1. The van der Waals surface area contributed by atoms with Gasteiger partial charge in [-0.1, -0.05) is 36.4 Å². The summed E-state index contributed by atoms with van der Waals surface area (Å²) in [5.41, 5.74) is 4.55. The molecule has 0 aliphatic carbocycles. The third kappa shape index (κ3) is 6.23. The molecule has 44 heavy (non-hydrogen) atoms. The number of likely N-dealkylation sites (tertiary alicyclic amines) is 1. The van der Waals surface area contributed by atoms with Gasteiger partial charge in [0.1, 0.15) is 18.6 Å². The van der Waals surface area contributed by atoms with Crippen molar-refractivity contribution in [1.29, 1.82) is 0 Å². The van der Waals surface area contributed by atoms with Crippen LogP contribution in [0.25, 0.3) is 10.8 Å². The predicted octanol–water partition coefficient (Wildman–Crippen LogP) is 4.16. The van der Waals surface area contributed by atoms with E-state index in [-0.39, 0.29) is 18.0 Å². The van der Waals surface area contributed by atoms with E-state index in [2.05, 4.69) is 60.0 Å². The molecule has 2 fully saturated rings. The Balaban J connectivity index is 1.28. The van der Waals surface area contributed by atoms with Crippen molar-refractivity contribution in [3.63, 3.8) is 0 Å². The molecule has 0 bridgehead atoms. The number of hydrogen-bond donors (Lipinski definition) is 0. The number of carbonyl (C=O) groups excluding carboxylic acids is 1. The predicted molar refractivity (Wildman–Crippen MR) is 171 cm³/mol. The van der Waals surface area contributed by atoms with Crippen LogP contribution >= 0.6 is 0 Å². The average molecular weight is 603 g/mol. The number of hydrogen-bond acceptors (Lipinski definition) is 8. The van der Waals surface area contributed by atoms with Crippen molar-refractivity contribution in [1.82, 2.24) is 19.8 Å². The Morgan fingerprint density at radius 1 is 1.09 bits per heavy atom. The lowest BCUT2D eigenvalue weighted by Gasteiger charge is -2.41. The highest BCUT2D eigenvalue weighted by molar-refractivity contribution is 5.97. The van der Waals surface area contributed by atoms with E-state index in [0.29, 0.717) is 58.4 Å². The Hall–Kier alpha value is -3.76. The number of methoxy groups -OCH3 is 1. The van der Waals surface area contributed by atoms with Gasteiger partial charge in [-0.05, 0) is 50.8 Å². The number of amides is 1. The molecule has 6 rings (SSSR count). The third-order valence-corrected chi connectivity index (χ3v) is 9.23. The van der Waals surface area contributed by atoms with E-state index in [0.717, 1.165) is 30.0 Å². The summed E-state index contributed by atoms with van der Waals surface area (Å²) in [7, 11) is 3.55. The monoisotopic (exact) mass is 602 g/mol. The fourth-order valence-electron chi connectivity index (χ4n) is 6.88. The van der Waals surface area contributed by atoms with Crippen molar-refractivity contribution in [2.75, 3.05) is 69.9 Å². The number of fused-ring (bicyclic) bond motifs is 2. The quantitative estimate of drug-likeness (QED) is 0.356. The average Bonchev–Trinajstić information content (AvgIpc) is 3.35. The van der Waals surface area contributed by atoms with Crippen molar-refractivity contribution in [2.45, 2.75) is 51.5 Å². The Kier molecular flexibility index (Phi) is 9.00. The van der Waals surface area contributed by atoms with Gasteiger partial charge in [-0.3, -0.25) is 9.69 Å². The maximum Gasteiger partial charge on any atom is 0.318 e. The zero-order chi connectivity index (χ0) is 30.8. The Morgan fingerprint density at radius 2 is 1.91 bits per heavy atom. The molecule has 1 aromatic heterocycles. The maximum atomic E-state index is 14.1. The van der Waals surface area contributed by atoms with Gasteiger partial charge in [-0.25, -0.2) is 4.39 Å². The fourth-order valence-corrected chi connectivity index (χ4v) is 6.88. The molecule has 2 saturated heterocycles. The summed E-state index contributed by atoms with van der Waals surface area (Å²) in [4.78, 5) is 31.4. The minimum atomic E-state index is -0.837. The molecule has 0 spiro atoms. The zero-order valence-electron chi connectivity index (χ0n) is 26.2. The molecule has 3 atom stereocenters. The first kappa shape index (κ1) is 30.3. The minimum absolute atomic E-state index is 0.00388. The number of anilines is 2. The van der Waals surface area contributed by atoms with Gasteiger partial charge in [-0.2, -0.15) is 9.97 Å². The molecule has 3 aliphatic rings. The summed E-state index contributed by atoms with van der Waals surface area (Å²) >= 11 is 0. The van der Waals surface area contributed by atoms with E-state index in [1.807, 2.05) is 16.8 Å². The van der Waals surface area contributed by atoms with Crippen LogP contribution in [0, 0.1) is 6.92 Å². The minimum Gasteiger partial charge on any atom is -0.462 e. The summed E-state index contributed by atoms with van der Waals surface area (Å²) in [6, 6.07) is 13.2. The Morgan fingerprint density at radius 3 is 2.66 bits per heavy atom. The van der Waals surface area contributed by atoms with Crippen molar-refractivity contribution in [3.8, 4) is 6.01 Å². The molecule has 1 amide bonds. The number of benzene rings is 2. The summed E-state index contributed by atoms with van der Waals surface area (Å²) in [6.45, 7) is 8.82. The molecule has 10 heteroatoms. The second-order valence-corrected chi connectivity index (χ2v) is 12.3. The van der Waals surface area contributed by atoms with Gasteiger partial charge in [0.15, 0.2) is 0 Å². The van der Waals surface area contributed by atoms with E-state index in [4.69, 9.17) is 19.4 Å². The molecule has 0 radical (unpaired) electrons. The van der Waals surface area contributed by atoms with Crippen molar-refractivity contribution >= 4 is 28.2 Å². The first-order valence-electron chi connectivity index (χ1n) is 15.6. The van der Waals surface area contributed by atoms with Crippen molar-refractivity contribution in [2.24, 2.45) is 0 Å². The number of aromatic nitrogens is 2. The molecule has 4 heterocycles. The smallest absolute Gasteiger partial charge is 0.318 e. The third-order valence-electron chi connectivity index (χ3n) is 9.23. The van der Waals surface area contributed by atoms with Gasteiger partial charge in [-0.15, -0.1) is 0 Å². The van der Waals surface area contributed by atoms with Crippen LogP contribution in [0.1, 0.15) is 30.2 Å². The van der Waals surface area contributed by atoms with Gasteiger partial charge in [0.05, 0.1) is 18.8 Å². The number of likely N-dealkylation sites (N-methyl/N-ethyl adjacent to an activating group) is 1. The van der Waals surface area contributed by atoms with Crippen LogP contribution in [-0.4, -0.2) is 104 Å². The van der Waals surface area contributed by atoms with Gasteiger partial charge < -0.3 is 24.2 Å². The molecule has 2 aromatic carbocycles. The first-order valence-corrected chi connectivity index (χ1v) is 15.6. The Bertz CT molecular complexity index is 1530. The van der Waals surface area contributed by atoms with Crippen LogP contribution in [0.15, 0.2) is 48.6 Å². The molecule has 0 saturated carbocycles. The molecule has 2 unspecified atom stereocenters. The Labute approximate surface area is 259 Å². The number of halogens is 1. The molecule has 234 valence electrons. The summed E-state index contributed by atoms with van der Waals surface area (Å²) in [5, 5.41) is 2.49. The highest BCUT2D eigenvalue weighted by Crippen LogP contribution is 2.36. The van der Waals surface area contributed by atoms with Gasteiger partial charge in [0, 0.05) is 74.6 Å². The fraction of sp³-hybridized carbons (Fsp3) is 0.500. The number of alkyl halides is 1. The number of nitrogens with zero attached hydrogens (tertiary/aromatic N) is 6. The summed E-state index contributed by atoms with van der Waals surface area (Å²) in [5.74, 6) is 0.881.